The molecule has 0 unspecified atom stereocenters. The van der Waals surface area contributed by atoms with Gasteiger partial charge in [0.05, 0.1) is 18.7 Å². The van der Waals surface area contributed by atoms with Crippen LogP contribution in [0.3, 0.4) is 0 Å². The highest BCUT2D eigenvalue weighted by Crippen LogP contribution is 2.29. The van der Waals surface area contributed by atoms with Crippen molar-refractivity contribution in [1.29, 1.82) is 0 Å². The highest BCUT2D eigenvalue weighted by molar-refractivity contribution is 6.06. The van der Waals surface area contributed by atoms with E-state index in [-0.39, 0.29) is 0 Å². The quantitative estimate of drug-likeness (QED) is 0.200. The number of benzene rings is 2. The van der Waals surface area contributed by atoms with E-state index in [1.54, 1.807) is 0 Å². The second kappa shape index (κ2) is 12.4. The number of hydrogen-bond acceptors (Lipinski definition) is 3. The van der Waals surface area contributed by atoms with E-state index in [9.17, 15) is 0 Å². The first-order chi connectivity index (χ1) is 14.8. The van der Waals surface area contributed by atoms with E-state index in [1.165, 1.54) is 62.1 Å². The van der Waals surface area contributed by atoms with Crippen LogP contribution in [-0.4, -0.2) is 18.2 Å². The van der Waals surface area contributed by atoms with Crippen LogP contribution in [0.1, 0.15) is 78.1 Å². The Labute approximate surface area is 181 Å². The molecule has 162 valence electrons. The molecule has 3 heteroatoms. The van der Waals surface area contributed by atoms with Gasteiger partial charge >= 0.3 is 0 Å². The molecule has 2 aromatic carbocycles. The van der Waals surface area contributed by atoms with Crippen molar-refractivity contribution >= 4 is 21.7 Å². The van der Waals surface area contributed by atoms with Gasteiger partial charge in [0.2, 0.25) is 5.88 Å². The maximum atomic E-state index is 6.00. The average Bonchev–Trinajstić information content (AvgIpc) is 2.78. The molecule has 0 saturated carbocycles. The maximum Gasteiger partial charge on any atom is 0.213 e. The summed E-state index contributed by atoms with van der Waals surface area (Å²) in [6, 6.07) is 14.7. The molecule has 0 fully saturated rings. The second-order valence-electron chi connectivity index (χ2n) is 8.19. The third-order valence-corrected chi connectivity index (χ3v) is 5.65. The van der Waals surface area contributed by atoms with E-state index in [4.69, 9.17) is 9.47 Å². The van der Waals surface area contributed by atoms with Gasteiger partial charge in [0.25, 0.3) is 0 Å². The summed E-state index contributed by atoms with van der Waals surface area (Å²) in [5.41, 5.74) is 0.979. The lowest BCUT2D eigenvalue weighted by atomic mass is 10.0. The summed E-state index contributed by atoms with van der Waals surface area (Å²) in [5, 5.41) is 3.56. The minimum absolute atomic E-state index is 0.715. The molecule has 3 rings (SSSR count). The van der Waals surface area contributed by atoms with Gasteiger partial charge in [-0.15, -0.1) is 0 Å². The van der Waals surface area contributed by atoms with Crippen LogP contribution < -0.4 is 9.47 Å². The van der Waals surface area contributed by atoms with Crippen molar-refractivity contribution in [3.63, 3.8) is 0 Å². The van der Waals surface area contributed by atoms with Gasteiger partial charge in [-0.25, -0.2) is 4.98 Å². The highest BCUT2D eigenvalue weighted by Gasteiger charge is 2.06. The Morgan fingerprint density at radius 3 is 2.13 bits per heavy atom. The molecule has 0 saturated heterocycles. The third-order valence-electron chi connectivity index (χ3n) is 5.65. The van der Waals surface area contributed by atoms with Gasteiger partial charge in [0.1, 0.15) is 5.75 Å². The molecule has 0 bridgehead atoms. The van der Waals surface area contributed by atoms with Crippen LogP contribution in [0.5, 0.6) is 11.6 Å². The molecule has 0 radical (unpaired) electrons. The summed E-state index contributed by atoms with van der Waals surface area (Å²) < 4.78 is 11.8. The van der Waals surface area contributed by atoms with E-state index >= 15 is 0 Å². The van der Waals surface area contributed by atoms with E-state index in [0.29, 0.717) is 5.88 Å². The van der Waals surface area contributed by atoms with E-state index in [2.05, 4.69) is 55.2 Å². The van der Waals surface area contributed by atoms with Gasteiger partial charge in [-0.3, -0.25) is 0 Å². The number of hydrogen-bond donors (Lipinski definition) is 0. The lowest BCUT2D eigenvalue weighted by Crippen LogP contribution is -1.99. The number of rotatable bonds is 14. The van der Waals surface area contributed by atoms with E-state index in [0.717, 1.165) is 42.7 Å². The molecular formula is C27H37NO2. The van der Waals surface area contributed by atoms with Crippen LogP contribution in [-0.2, 0) is 0 Å². The molecule has 0 amide bonds. The SMILES string of the molecule is CCCCCCCCCOc1ccc2c(ccc3nc(OCCCCC)ccc32)c1. The normalized spacial score (nSPS) is 11.3. The third kappa shape index (κ3) is 6.62. The first kappa shape index (κ1) is 22.4. The van der Waals surface area contributed by atoms with Gasteiger partial charge in [-0.1, -0.05) is 77.3 Å². The fourth-order valence-corrected chi connectivity index (χ4v) is 3.85. The fourth-order valence-electron chi connectivity index (χ4n) is 3.85. The van der Waals surface area contributed by atoms with Crippen molar-refractivity contribution in [2.75, 3.05) is 13.2 Å². The number of nitrogens with zero attached hydrogens (tertiary/aromatic N) is 1. The Hall–Kier alpha value is -2.29. The monoisotopic (exact) mass is 407 g/mol. The summed E-state index contributed by atoms with van der Waals surface area (Å²) in [6.07, 6.45) is 12.6. The molecule has 1 aromatic heterocycles. The molecule has 0 N–H and O–H groups in total. The van der Waals surface area contributed by atoms with Gasteiger partial charge in [0.15, 0.2) is 0 Å². The average molecular weight is 408 g/mol. The Morgan fingerprint density at radius 1 is 0.633 bits per heavy atom. The highest BCUT2D eigenvalue weighted by atomic mass is 16.5. The summed E-state index contributed by atoms with van der Waals surface area (Å²) in [4.78, 5) is 4.69. The summed E-state index contributed by atoms with van der Waals surface area (Å²) in [7, 11) is 0. The molecule has 3 aromatic rings. The molecule has 3 nitrogen and oxygen atoms in total. The zero-order valence-electron chi connectivity index (χ0n) is 18.8. The van der Waals surface area contributed by atoms with E-state index in [1.807, 2.05) is 6.07 Å². The van der Waals surface area contributed by atoms with Crippen molar-refractivity contribution in [3.8, 4) is 11.6 Å². The molecule has 30 heavy (non-hydrogen) atoms. The molecule has 0 aliphatic heterocycles. The largest absolute Gasteiger partial charge is 0.494 e. The lowest BCUT2D eigenvalue weighted by molar-refractivity contribution is 0.296. The van der Waals surface area contributed by atoms with Crippen molar-refractivity contribution in [2.45, 2.75) is 78.1 Å². The first-order valence-corrected chi connectivity index (χ1v) is 11.9. The number of fused-ring (bicyclic) bond motifs is 3. The predicted molar refractivity (Wildman–Crippen MR) is 128 cm³/mol. The van der Waals surface area contributed by atoms with Crippen molar-refractivity contribution in [1.82, 2.24) is 4.98 Å². The Kier molecular flexibility index (Phi) is 9.27. The number of pyridine rings is 1. The minimum Gasteiger partial charge on any atom is -0.494 e. The van der Waals surface area contributed by atoms with Crippen molar-refractivity contribution in [2.24, 2.45) is 0 Å². The number of ether oxygens (including phenoxy) is 2. The zero-order valence-corrected chi connectivity index (χ0v) is 18.8. The molecule has 0 aliphatic rings. The standard InChI is InChI=1S/C27H37NO2/c1-3-5-7-8-9-10-12-19-29-23-14-15-24-22(21-23)13-17-26-25(24)16-18-27(28-26)30-20-11-6-4-2/h13-18,21H,3-12,19-20H2,1-2H3. The van der Waals surface area contributed by atoms with Crippen molar-refractivity contribution in [3.05, 3.63) is 42.5 Å². The van der Waals surface area contributed by atoms with Gasteiger partial charge in [-0.2, -0.15) is 0 Å². The lowest BCUT2D eigenvalue weighted by Gasteiger charge is -2.10. The van der Waals surface area contributed by atoms with Crippen LogP contribution >= 0.6 is 0 Å². The van der Waals surface area contributed by atoms with E-state index < -0.39 is 0 Å². The Bertz CT molecular complexity index is 906. The number of aromatic nitrogens is 1. The fraction of sp³-hybridized carbons (Fsp3) is 0.519. The van der Waals surface area contributed by atoms with Gasteiger partial charge in [0, 0.05) is 11.5 Å². The second-order valence-corrected chi connectivity index (χ2v) is 8.19. The molecular weight excluding hydrogens is 370 g/mol. The zero-order chi connectivity index (χ0) is 21.0. The Morgan fingerprint density at radius 2 is 1.30 bits per heavy atom. The number of unbranched alkanes of at least 4 members (excludes halogenated alkanes) is 8. The van der Waals surface area contributed by atoms with Crippen LogP contribution in [0.2, 0.25) is 0 Å². The van der Waals surface area contributed by atoms with Crippen LogP contribution in [0.15, 0.2) is 42.5 Å². The van der Waals surface area contributed by atoms with Crippen molar-refractivity contribution < 1.29 is 9.47 Å². The first-order valence-electron chi connectivity index (χ1n) is 11.9. The molecule has 0 atom stereocenters. The summed E-state index contributed by atoms with van der Waals surface area (Å²) in [6.45, 7) is 6.00. The van der Waals surface area contributed by atoms with Crippen LogP contribution in [0, 0.1) is 0 Å². The minimum atomic E-state index is 0.715. The Balaban J connectivity index is 1.55. The topological polar surface area (TPSA) is 31.4 Å². The smallest absolute Gasteiger partial charge is 0.213 e. The van der Waals surface area contributed by atoms with Gasteiger partial charge in [-0.05, 0) is 47.9 Å². The van der Waals surface area contributed by atoms with Gasteiger partial charge < -0.3 is 9.47 Å². The summed E-state index contributed by atoms with van der Waals surface area (Å²) in [5.74, 6) is 1.67. The predicted octanol–water partition coefficient (Wildman–Crippen LogP) is 8.09. The molecule has 0 aliphatic carbocycles. The summed E-state index contributed by atoms with van der Waals surface area (Å²) >= 11 is 0. The maximum absolute atomic E-state index is 6.00. The molecule has 1 heterocycles. The van der Waals surface area contributed by atoms with Crippen LogP contribution in [0.4, 0.5) is 0 Å². The molecule has 0 spiro atoms. The van der Waals surface area contributed by atoms with Crippen LogP contribution in [0.25, 0.3) is 21.7 Å².